The molecule has 1 aromatic heterocycles. The Bertz CT molecular complexity index is 1140. The fraction of sp³-hybridized carbons (Fsp3) is 0.375. The Hall–Kier alpha value is -3.55. The number of nitrogens with one attached hydrogen (secondary N) is 1. The molecule has 0 atom stereocenters. The van der Waals surface area contributed by atoms with Gasteiger partial charge >= 0.3 is 0 Å². The average molecular weight is 437 g/mol. The van der Waals surface area contributed by atoms with E-state index < -0.39 is 0 Å². The normalized spacial score (nSPS) is 13.7. The predicted molar refractivity (Wildman–Crippen MR) is 124 cm³/mol. The van der Waals surface area contributed by atoms with Crippen molar-refractivity contribution in [1.29, 1.82) is 0 Å². The molecule has 0 aliphatic carbocycles. The number of piperidine rings is 1. The van der Waals surface area contributed by atoms with Crippen molar-refractivity contribution < 1.29 is 14.3 Å². The van der Waals surface area contributed by atoms with Crippen LogP contribution >= 0.6 is 0 Å². The molecule has 1 amide bonds. The Morgan fingerprint density at radius 1 is 1.03 bits per heavy atom. The number of hydrogen-bond acceptors (Lipinski definition) is 6. The zero-order valence-corrected chi connectivity index (χ0v) is 18.3. The molecule has 1 saturated heterocycles. The molecule has 1 aliphatic heterocycles. The maximum Gasteiger partial charge on any atom is 0.263 e. The maximum atomic E-state index is 13.2. The lowest BCUT2D eigenvalue weighted by atomic mass is 10.1. The van der Waals surface area contributed by atoms with Crippen LogP contribution in [0.5, 0.6) is 11.5 Å². The second-order valence-corrected chi connectivity index (χ2v) is 7.72. The molecule has 0 spiro atoms. The van der Waals surface area contributed by atoms with E-state index in [9.17, 15) is 9.59 Å². The zero-order valence-electron chi connectivity index (χ0n) is 18.3. The second-order valence-electron chi connectivity index (χ2n) is 7.72. The van der Waals surface area contributed by atoms with Gasteiger partial charge in [-0.1, -0.05) is 24.3 Å². The van der Waals surface area contributed by atoms with Crippen molar-refractivity contribution in [2.45, 2.75) is 25.8 Å². The molecule has 0 unspecified atom stereocenters. The lowest BCUT2D eigenvalue weighted by molar-refractivity contribution is -0.121. The van der Waals surface area contributed by atoms with Gasteiger partial charge < -0.3 is 19.7 Å². The number of carbonyl (C=O) groups excluding carboxylic acids is 1. The number of rotatable bonds is 8. The first-order valence-corrected chi connectivity index (χ1v) is 10.9. The minimum atomic E-state index is -0.258. The molecule has 32 heavy (non-hydrogen) atoms. The third-order valence-corrected chi connectivity index (χ3v) is 5.53. The van der Waals surface area contributed by atoms with E-state index in [-0.39, 0.29) is 24.6 Å². The molecule has 1 N–H and O–H groups in total. The Morgan fingerprint density at radius 2 is 1.75 bits per heavy atom. The number of carbonyl (C=O) groups is 1. The van der Waals surface area contributed by atoms with E-state index in [1.54, 1.807) is 13.2 Å². The largest absolute Gasteiger partial charge is 0.493 e. The van der Waals surface area contributed by atoms with E-state index in [4.69, 9.17) is 14.5 Å². The van der Waals surface area contributed by atoms with Crippen molar-refractivity contribution in [3.8, 4) is 11.5 Å². The summed E-state index contributed by atoms with van der Waals surface area (Å²) in [7, 11) is 1.58. The SMILES string of the molecule is COc1ccccc1OCCNC(=O)Cn1c(N2CCCCC2)nc2ccccc2c1=O. The summed E-state index contributed by atoms with van der Waals surface area (Å²) in [5.41, 5.74) is 0.455. The van der Waals surface area contributed by atoms with Crippen LogP contribution in [0.2, 0.25) is 0 Å². The van der Waals surface area contributed by atoms with Crippen molar-refractivity contribution in [3.63, 3.8) is 0 Å². The number of ether oxygens (including phenoxy) is 2. The van der Waals surface area contributed by atoms with E-state index in [2.05, 4.69) is 10.2 Å². The number of methoxy groups -OCH3 is 1. The number of amides is 1. The highest BCUT2D eigenvalue weighted by atomic mass is 16.5. The molecule has 1 aliphatic rings. The molecule has 4 rings (SSSR count). The van der Waals surface area contributed by atoms with Crippen LogP contribution in [0.15, 0.2) is 53.3 Å². The van der Waals surface area contributed by atoms with Gasteiger partial charge in [0.1, 0.15) is 13.2 Å². The summed E-state index contributed by atoms with van der Waals surface area (Å²) in [4.78, 5) is 32.7. The number of anilines is 1. The van der Waals surface area contributed by atoms with Gasteiger partial charge in [-0.15, -0.1) is 0 Å². The number of para-hydroxylation sites is 3. The van der Waals surface area contributed by atoms with Crippen LogP contribution < -0.4 is 25.2 Å². The third-order valence-electron chi connectivity index (χ3n) is 5.53. The topological polar surface area (TPSA) is 85.7 Å². The molecule has 0 radical (unpaired) electrons. The highest BCUT2D eigenvalue weighted by Crippen LogP contribution is 2.25. The fourth-order valence-corrected chi connectivity index (χ4v) is 3.92. The fourth-order valence-electron chi connectivity index (χ4n) is 3.92. The van der Waals surface area contributed by atoms with Gasteiger partial charge in [-0.3, -0.25) is 14.2 Å². The van der Waals surface area contributed by atoms with Crippen LogP contribution in [0.25, 0.3) is 10.9 Å². The summed E-state index contributed by atoms with van der Waals surface area (Å²) < 4.78 is 12.4. The van der Waals surface area contributed by atoms with Gasteiger partial charge in [0, 0.05) is 13.1 Å². The summed E-state index contributed by atoms with van der Waals surface area (Å²) in [6, 6.07) is 14.6. The molecule has 3 aromatic rings. The Kier molecular flexibility index (Phi) is 6.89. The highest BCUT2D eigenvalue weighted by Gasteiger charge is 2.20. The molecular formula is C24H28N4O4. The monoisotopic (exact) mass is 436 g/mol. The summed E-state index contributed by atoms with van der Waals surface area (Å²) in [5.74, 6) is 1.56. The van der Waals surface area contributed by atoms with Crippen molar-refractivity contribution in [3.05, 3.63) is 58.9 Å². The van der Waals surface area contributed by atoms with Gasteiger partial charge in [-0.2, -0.15) is 0 Å². The molecule has 2 aromatic carbocycles. The minimum Gasteiger partial charge on any atom is -0.493 e. The number of hydrogen-bond donors (Lipinski definition) is 1. The van der Waals surface area contributed by atoms with Crippen molar-refractivity contribution >= 4 is 22.8 Å². The number of benzene rings is 2. The maximum absolute atomic E-state index is 13.2. The van der Waals surface area contributed by atoms with Crippen molar-refractivity contribution in [2.24, 2.45) is 0 Å². The number of nitrogens with zero attached hydrogens (tertiary/aromatic N) is 3. The van der Waals surface area contributed by atoms with E-state index >= 15 is 0 Å². The summed E-state index contributed by atoms with van der Waals surface area (Å²) in [5, 5.41) is 3.35. The molecule has 168 valence electrons. The van der Waals surface area contributed by atoms with Crippen molar-refractivity contribution in [1.82, 2.24) is 14.9 Å². The first kappa shape index (κ1) is 21.7. The average Bonchev–Trinajstić information content (AvgIpc) is 2.84. The van der Waals surface area contributed by atoms with E-state index in [1.165, 1.54) is 11.0 Å². The van der Waals surface area contributed by atoms with Gasteiger partial charge in [-0.05, 0) is 43.5 Å². The molecule has 2 heterocycles. The molecule has 1 fully saturated rings. The number of fused-ring (bicyclic) bond motifs is 1. The van der Waals surface area contributed by atoms with Gasteiger partial charge in [0.15, 0.2) is 11.5 Å². The van der Waals surface area contributed by atoms with Gasteiger partial charge in [0.25, 0.3) is 5.56 Å². The summed E-state index contributed by atoms with van der Waals surface area (Å²) in [6.07, 6.45) is 3.27. The third kappa shape index (κ3) is 4.85. The smallest absolute Gasteiger partial charge is 0.263 e. The molecule has 8 heteroatoms. The van der Waals surface area contributed by atoms with Crippen LogP contribution in [-0.4, -0.2) is 48.8 Å². The first-order chi connectivity index (χ1) is 15.7. The van der Waals surface area contributed by atoms with Gasteiger partial charge in [0.2, 0.25) is 11.9 Å². The Balaban J connectivity index is 1.46. The van der Waals surface area contributed by atoms with E-state index in [1.807, 2.05) is 42.5 Å². The van der Waals surface area contributed by atoms with Crippen LogP contribution in [0, 0.1) is 0 Å². The van der Waals surface area contributed by atoms with E-state index in [0.717, 1.165) is 25.9 Å². The molecule has 0 saturated carbocycles. The van der Waals surface area contributed by atoms with Gasteiger partial charge in [0.05, 0.1) is 24.6 Å². The van der Waals surface area contributed by atoms with Crippen molar-refractivity contribution in [2.75, 3.05) is 38.3 Å². The summed E-state index contributed by atoms with van der Waals surface area (Å²) >= 11 is 0. The lowest BCUT2D eigenvalue weighted by Gasteiger charge is -2.29. The van der Waals surface area contributed by atoms with Crippen LogP contribution in [0.1, 0.15) is 19.3 Å². The lowest BCUT2D eigenvalue weighted by Crippen LogP contribution is -2.40. The molecule has 0 bridgehead atoms. The van der Waals surface area contributed by atoms with Crippen LogP contribution in [-0.2, 0) is 11.3 Å². The predicted octanol–water partition coefficient (Wildman–Crippen LogP) is 2.59. The highest BCUT2D eigenvalue weighted by molar-refractivity contribution is 5.80. The minimum absolute atomic E-state index is 0.0862. The standard InChI is InChI=1S/C24H28N4O4/c1-31-20-11-5-6-12-21(20)32-16-13-25-22(29)17-28-23(30)18-9-3-4-10-19(18)26-24(28)27-14-7-2-8-15-27/h3-6,9-12H,2,7-8,13-17H2,1H3,(H,25,29). The number of aromatic nitrogens is 2. The first-order valence-electron chi connectivity index (χ1n) is 10.9. The zero-order chi connectivity index (χ0) is 22.3. The van der Waals surface area contributed by atoms with Crippen LogP contribution in [0.3, 0.4) is 0 Å². The Morgan fingerprint density at radius 3 is 2.53 bits per heavy atom. The molecular weight excluding hydrogens is 408 g/mol. The van der Waals surface area contributed by atoms with E-state index in [0.29, 0.717) is 34.9 Å². The molecule has 8 nitrogen and oxygen atoms in total. The second kappa shape index (κ2) is 10.2. The Labute approximate surface area is 186 Å². The quantitative estimate of drug-likeness (QED) is 0.547. The van der Waals surface area contributed by atoms with Crippen LogP contribution in [0.4, 0.5) is 5.95 Å². The van der Waals surface area contributed by atoms with Gasteiger partial charge in [-0.25, -0.2) is 4.98 Å². The summed E-state index contributed by atoms with van der Waals surface area (Å²) in [6.45, 7) is 2.18.